The number of aliphatic imine (C=N–C) groups is 1. The molecule has 2 aromatic carbocycles. The SMILES string of the molecule is CC(=O)Cn1c2c(c(=O)n(C)c1=O)CCC(CCc1ccc(Cl)cc1)C(Oc1cccc(OC(F)(F)F)c1)=N2. The second kappa shape index (κ2) is 11.5. The van der Waals surface area contributed by atoms with Crippen LogP contribution < -0.4 is 20.7 Å². The number of rotatable bonds is 7. The molecule has 1 aliphatic heterocycles. The van der Waals surface area contributed by atoms with Gasteiger partial charge in [0.1, 0.15) is 23.1 Å². The molecular formula is C27H25ClF3N3O5. The highest BCUT2D eigenvalue weighted by Crippen LogP contribution is 2.31. The predicted molar refractivity (Wildman–Crippen MR) is 139 cm³/mol. The lowest BCUT2D eigenvalue weighted by Crippen LogP contribution is -2.40. The molecule has 1 unspecified atom stereocenters. The fourth-order valence-electron chi connectivity index (χ4n) is 4.39. The fraction of sp³-hybridized carbons (Fsp3) is 0.333. The van der Waals surface area contributed by atoms with Gasteiger partial charge in [-0.2, -0.15) is 4.99 Å². The van der Waals surface area contributed by atoms with E-state index in [-0.39, 0.29) is 47.7 Å². The van der Waals surface area contributed by atoms with Crippen molar-refractivity contribution in [3.63, 3.8) is 0 Å². The Morgan fingerprint density at radius 3 is 2.49 bits per heavy atom. The number of nitrogens with zero attached hydrogens (tertiary/aromatic N) is 3. The van der Waals surface area contributed by atoms with E-state index in [1.54, 1.807) is 12.1 Å². The molecule has 8 nitrogen and oxygen atoms in total. The molecule has 0 saturated carbocycles. The van der Waals surface area contributed by atoms with Gasteiger partial charge in [0.2, 0.25) is 0 Å². The molecule has 4 rings (SSSR count). The van der Waals surface area contributed by atoms with Crippen LogP contribution in [0.2, 0.25) is 5.02 Å². The van der Waals surface area contributed by atoms with Gasteiger partial charge in [-0.25, -0.2) is 4.79 Å². The number of halogens is 4. The molecule has 1 atom stereocenters. The second-order valence-corrected chi connectivity index (χ2v) is 9.65. The van der Waals surface area contributed by atoms with Crippen molar-refractivity contribution < 1.29 is 27.4 Å². The number of carbonyl (C=O) groups excluding carboxylic acids is 1. The molecule has 0 N–H and O–H groups in total. The first kappa shape index (κ1) is 28.2. The molecule has 0 spiro atoms. The van der Waals surface area contributed by atoms with E-state index in [0.29, 0.717) is 24.3 Å². The standard InChI is InChI=1S/C27H25ClF3N3O5/c1-16(35)15-34-23-22(25(36)33(2)26(34)37)13-10-18(9-6-17-7-11-19(28)12-8-17)24(32-23)38-20-4-3-5-21(14-20)39-27(29,30)31/h3-5,7-8,11-12,14,18H,6,9-10,13,15H2,1-2H3. The first-order valence-corrected chi connectivity index (χ1v) is 12.5. The van der Waals surface area contributed by atoms with Gasteiger partial charge >= 0.3 is 12.1 Å². The average Bonchev–Trinajstić information content (AvgIpc) is 3.03. The predicted octanol–water partition coefficient (Wildman–Crippen LogP) is 4.99. The van der Waals surface area contributed by atoms with Crippen molar-refractivity contribution in [1.29, 1.82) is 0 Å². The Morgan fingerprint density at radius 1 is 1.13 bits per heavy atom. The number of alkyl halides is 3. The van der Waals surface area contributed by atoms with Crippen LogP contribution in [0.3, 0.4) is 0 Å². The van der Waals surface area contributed by atoms with Crippen molar-refractivity contribution >= 4 is 29.1 Å². The van der Waals surface area contributed by atoms with E-state index in [1.807, 2.05) is 12.1 Å². The maximum Gasteiger partial charge on any atom is 0.573 e. The van der Waals surface area contributed by atoms with E-state index >= 15 is 0 Å². The van der Waals surface area contributed by atoms with Gasteiger partial charge in [0.05, 0.1) is 12.1 Å². The van der Waals surface area contributed by atoms with Gasteiger partial charge < -0.3 is 9.47 Å². The molecule has 0 aliphatic carbocycles. The van der Waals surface area contributed by atoms with Crippen molar-refractivity contribution in [3.8, 4) is 11.5 Å². The van der Waals surface area contributed by atoms with Gasteiger partial charge in [0.15, 0.2) is 5.90 Å². The zero-order valence-electron chi connectivity index (χ0n) is 21.1. The first-order chi connectivity index (χ1) is 18.4. The Morgan fingerprint density at radius 2 is 1.82 bits per heavy atom. The lowest BCUT2D eigenvalue weighted by atomic mass is 9.94. The summed E-state index contributed by atoms with van der Waals surface area (Å²) in [6.07, 6.45) is -3.12. The molecule has 206 valence electrons. The maximum absolute atomic E-state index is 13.0. The van der Waals surface area contributed by atoms with Crippen molar-refractivity contribution in [3.05, 3.63) is 85.5 Å². The molecule has 3 aromatic rings. The molecule has 0 amide bonds. The minimum Gasteiger partial charge on any atom is -0.442 e. The van der Waals surface area contributed by atoms with Crippen LogP contribution in [-0.4, -0.2) is 27.2 Å². The van der Waals surface area contributed by atoms with E-state index in [2.05, 4.69) is 9.73 Å². The first-order valence-electron chi connectivity index (χ1n) is 12.1. The zero-order valence-corrected chi connectivity index (χ0v) is 21.9. The molecular weight excluding hydrogens is 539 g/mol. The molecule has 1 aromatic heterocycles. The number of carbonyl (C=O) groups is 1. The molecule has 0 saturated heterocycles. The van der Waals surface area contributed by atoms with E-state index in [1.165, 1.54) is 26.1 Å². The lowest BCUT2D eigenvalue weighted by Gasteiger charge is -2.19. The highest BCUT2D eigenvalue weighted by atomic mass is 35.5. The summed E-state index contributed by atoms with van der Waals surface area (Å²) in [5, 5.41) is 0.592. The van der Waals surface area contributed by atoms with Crippen LogP contribution in [0.5, 0.6) is 11.5 Å². The van der Waals surface area contributed by atoms with Crippen LogP contribution in [-0.2, 0) is 31.2 Å². The number of hydrogen-bond donors (Lipinski definition) is 0. The highest BCUT2D eigenvalue weighted by molar-refractivity contribution is 6.30. The topological polar surface area (TPSA) is 91.9 Å². The van der Waals surface area contributed by atoms with Crippen LogP contribution in [0.4, 0.5) is 19.0 Å². The summed E-state index contributed by atoms with van der Waals surface area (Å²) in [4.78, 5) is 42.4. The van der Waals surface area contributed by atoms with Crippen LogP contribution in [0.15, 0.2) is 63.1 Å². The van der Waals surface area contributed by atoms with Gasteiger partial charge in [0, 0.05) is 24.1 Å². The Bertz CT molecular complexity index is 1530. The molecule has 39 heavy (non-hydrogen) atoms. The average molecular weight is 564 g/mol. The molecule has 0 fully saturated rings. The Hall–Kier alpha value is -3.86. The van der Waals surface area contributed by atoms with Crippen LogP contribution >= 0.6 is 11.6 Å². The molecule has 0 radical (unpaired) electrons. The van der Waals surface area contributed by atoms with Crippen molar-refractivity contribution in [2.24, 2.45) is 18.0 Å². The Balaban J connectivity index is 1.77. The van der Waals surface area contributed by atoms with E-state index in [4.69, 9.17) is 16.3 Å². The molecule has 2 heterocycles. The highest BCUT2D eigenvalue weighted by Gasteiger charge is 2.32. The molecule has 12 heteroatoms. The number of Topliss-reactive ketones (excluding diaryl/α,β-unsaturated/α-hetero) is 1. The summed E-state index contributed by atoms with van der Waals surface area (Å²) < 4.78 is 50.4. The van der Waals surface area contributed by atoms with Gasteiger partial charge in [-0.15, -0.1) is 13.2 Å². The van der Waals surface area contributed by atoms with Crippen molar-refractivity contribution in [1.82, 2.24) is 9.13 Å². The maximum atomic E-state index is 13.0. The summed E-state index contributed by atoms with van der Waals surface area (Å²) in [6, 6.07) is 12.3. The van der Waals surface area contributed by atoms with Gasteiger partial charge in [0.25, 0.3) is 5.56 Å². The number of benzene rings is 2. The van der Waals surface area contributed by atoms with Crippen LogP contribution in [0, 0.1) is 5.92 Å². The van der Waals surface area contributed by atoms with Crippen LogP contribution in [0.1, 0.15) is 30.9 Å². The summed E-state index contributed by atoms with van der Waals surface area (Å²) in [6.45, 7) is 0.999. The summed E-state index contributed by atoms with van der Waals surface area (Å²) >= 11 is 5.99. The number of ether oxygens (including phenoxy) is 2. The smallest absolute Gasteiger partial charge is 0.442 e. The fourth-order valence-corrected chi connectivity index (χ4v) is 4.52. The second-order valence-electron chi connectivity index (χ2n) is 9.21. The quantitative estimate of drug-likeness (QED) is 0.404. The lowest BCUT2D eigenvalue weighted by molar-refractivity contribution is -0.274. The van der Waals surface area contributed by atoms with Crippen LogP contribution in [0.25, 0.3) is 0 Å². The third kappa shape index (κ3) is 6.97. The molecule has 0 bridgehead atoms. The van der Waals surface area contributed by atoms with E-state index in [9.17, 15) is 27.6 Å². The van der Waals surface area contributed by atoms with Crippen molar-refractivity contribution in [2.45, 2.75) is 45.5 Å². The largest absolute Gasteiger partial charge is 0.573 e. The zero-order chi connectivity index (χ0) is 28.3. The number of aromatic nitrogens is 2. The third-order valence-corrected chi connectivity index (χ3v) is 6.50. The molecule has 1 aliphatic rings. The Labute approximate surface area is 226 Å². The normalized spacial score (nSPS) is 15.2. The number of aryl methyl sites for hydroxylation is 1. The third-order valence-electron chi connectivity index (χ3n) is 6.25. The number of hydrogen-bond acceptors (Lipinski definition) is 6. The summed E-state index contributed by atoms with van der Waals surface area (Å²) in [5.74, 6) is -1.03. The summed E-state index contributed by atoms with van der Waals surface area (Å²) in [7, 11) is 1.33. The monoisotopic (exact) mass is 563 g/mol. The van der Waals surface area contributed by atoms with E-state index in [0.717, 1.165) is 26.8 Å². The summed E-state index contributed by atoms with van der Waals surface area (Å²) in [5.41, 5.74) is 0.00199. The van der Waals surface area contributed by atoms with Gasteiger partial charge in [-0.3, -0.25) is 18.7 Å². The number of ketones is 1. The Kier molecular flexibility index (Phi) is 8.29. The van der Waals surface area contributed by atoms with Crippen molar-refractivity contribution in [2.75, 3.05) is 0 Å². The minimum atomic E-state index is -4.89. The van der Waals surface area contributed by atoms with E-state index < -0.39 is 23.4 Å². The van der Waals surface area contributed by atoms with Gasteiger partial charge in [-0.05, 0) is 62.4 Å². The number of fused-ring (bicyclic) bond motifs is 1. The van der Waals surface area contributed by atoms with Gasteiger partial charge in [-0.1, -0.05) is 29.8 Å². The minimum absolute atomic E-state index is 0.00462.